The van der Waals surface area contributed by atoms with Crippen molar-refractivity contribution in [2.45, 2.75) is 6.92 Å². The molecule has 0 fully saturated rings. The van der Waals surface area contributed by atoms with Crippen LogP contribution in [0.2, 0.25) is 0 Å². The van der Waals surface area contributed by atoms with Gasteiger partial charge in [-0.1, -0.05) is 0 Å². The fourth-order valence-electron chi connectivity index (χ4n) is 0.642. The van der Waals surface area contributed by atoms with Gasteiger partial charge in [-0.25, -0.2) is 24.3 Å². The van der Waals surface area contributed by atoms with Crippen LogP contribution < -0.4 is 0 Å². The summed E-state index contributed by atoms with van der Waals surface area (Å²) in [5, 5.41) is 7.57. The van der Waals surface area contributed by atoms with Crippen molar-refractivity contribution in [3.63, 3.8) is 0 Å². The smallest absolute Gasteiger partial charge is 0.397 e. The zero-order chi connectivity index (χ0) is 9.78. The Morgan fingerprint density at radius 2 is 1.07 bits per heavy atom. The standard InChI is InChI=1S/2C5H5.C2H6O.Ti/c2*1-2-4-5-3-1;1-2-3;/h2*1-5H;3H,2H2,1H3;/q2*-1;;+2. The summed E-state index contributed by atoms with van der Waals surface area (Å²) >= 11 is 0. The van der Waals surface area contributed by atoms with Gasteiger partial charge >= 0.3 is 21.7 Å². The molecular weight excluding hydrogens is 208 g/mol. The molecule has 1 N–H and O–H groups in total. The van der Waals surface area contributed by atoms with Crippen LogP contribution in [0.1, 0.15) is 6.92 Å². The van der Waals surface area contributed by atoms with Gasteiger partial charge in [0, 0.05) is 6.61 Å². The molecule has 0 spiro atoms. The van der Waals surface area contributed by atoms with Gasteiger partial charge in [-0.2, -0.15) is 36.4 Å². The summed E-state index contributed by atoms with van der Waals surface area (Å²) in [5.74, 6) is 0. The van der Waals surface area contributed by atoms with Crippen LogP contribution in [0.4, 0.5) is 0 Å². The Hall–Kier alpha value is -0.626. The third-order valence-electron chi connectivity index (χ3n) is 1.11. The molecular formula is C12H16OTi. The number of hydrogen-bond acceptors (Lipinski definition) is 1. The summed E-state index contributed by atoms with van der Waals surface area (Å²) in [6, 6.07) is 20.0. The number of rotatable bonds is 0. The minimum atomic E-state index is 0. The Morgan fingerprint density at radius 3 is 1.14 bits per heavy atom. The second kappa shape index (κ2) is 14.9. The molecule has 0 unspecified atom stereocenters. The summed E-state index contributed by atoms with van der Waals surface area (Å²) in [6.07, 6.45) is 0. The molecule has 0 atom stereocenters. The zero-order valence-electron chi connectivity index (χ0n) is 8.43. The van der Waals surface area contributed by atoms with E-state index >= 15 is 0 Å². The molecule has 0 radical (unpaired) electrons. The predicted octanol–water partition coefficient (Wildman–Crippen LogP) is 2.81. The van der Waals surface area contributed by atoms with Gasteiger partial charge in [-0.05, 0) is 6.92 Å². The third kappa shape index (κ3) is 13.9. The van der Waals surface area contributed by atoms with Crippen molar-refractivity contribution in [2.24, 2.45) is 0 Å². The van der Waals surface area contributed by atoms with Gasteiger partial charge in [-0.3, -0.25) is 0 Å². The monoisotopic (exact) mass is 224 g/mol. The van der Waals surface area contributed by atoms with Crippen LogP contribution in [0, 0.1) is 0 Å². The molecule has 2 heteroatoms. The van der Waals surface area contributed by atoms with Crippen molar-refractivity contribution in [1.82, 2.24) is 0 Å². The van der Waals surface area contributed by atoms with Gasteiger partial charge < -0.3 is 5.11 Å². The maximum absolute atomic E-state index is 7.57. The molecule has 2 aromatic rings. The van der Waals surface area contributed by atoms with E-state index in [-0.39, 0.29) is 28.3 Å². The quantitative estimate of drug-likeness (QED) is 0.538. The minimum Gasteiger partial charge on any atom is -0.397 e. The average molecular weight is 224 g/mol. The molecule has 14 heavy (non-hydrogen) atoms. The van der Waals surface area contributed by atoms with E-state index in [9.17, 15) is 0 Å². The van der Waals surface area contributed by atoms with Crippen molar-refractivity contribution in [3.8, 4) is 0 Å². The molecule has 0 saturated carbocycles. The van der Waals surface area contributed by atoms with E-state index in [0.717, 1.165) is 0 Å². The van der Waals surface area contributed by atoms with Crippen molar-refractivity contribution in [1.29, 1.82) is 0 Å². The second-order valence-electron chi connectivity index (χ2n) is 2.24. The first-order valence-corrected chi connectivity index (χ1v) is 4.36. The molecule has 2 rings (SSSR count). The molecule has 0 heterocycles. The van der Waals surface area contributed by atoms with Crippen LogP contribution >= 0.6 is 0 Å². The van der Waals surface area contributed by atoms with E-state index in [1.165, 1.54) is 0 Å². The van der Waals surface area contributed by atoms with E-state index < -0.39 is 0 Å². The molecule has 74 valence electrons. The molecule has 0 aromatic heterocycles. The molecule has 0 aliphatic heterocycles. The minimum absolute atomic E-state index is 0. The first-order chi connectivity index (χ1) is 6.41. The average Bonchev–Trinajstić information content (AvgIpc) is 2.85. The Bertz CT molecular complexity index is 162. The Morgan fingerprint density at radius 1 is 0.857 bits per heavy atom. The first-order valence-electron chi connectivity index (χ1n) is 4.36. The van der Waals surface area contributed by atoms with Crippen molar-refractivity contribution >= 4 is 0 Å². The van der Waals surface area contributed by atoms with Crippen molar-refractivity contribution in [3.05, 3.63) is 60.7 Å². The van der Waals surface area contributed by atoms with Crippen molar-refractivity contribution in [2.75, 3.05) is 6.61 Å². The zero-order valence-corrected chi connectivity index (χ0v) is 9.99. The third-order valence-corrected chi connectivity index (χ3v) is 1.11. The summed E-state index contributed by atoms with van der Waals surface area (Å²) < 4.78 is 0. The Balaban J connectivity index is 0. The second-order valence-corrected chi connectivity index (χ2v) is 2.24. The van der Waals surface area contributed by atoms with Gasteiger partial charge in [0.05, 0.1) is 0 Å². The summed E-state index contributed by atoms with van der Waals surface area (Å²) in [6.45, 7) is 1.93. The molecule has 0 bridgehead atoms. The van der Waals surface area contributed by atoms with E-state index in [1.807, 2.05) is 60.7 Å². The fraction of sp³-hybridized carbons (Fsp3) is 0.167. The predicted molar refractivity (Wildman–Crippen MR) is 56.8 cm³/mol. The van der Waals surface area contributed by atoms with Crippen LogP contribution in [0.25, 0.3) is 0 Å². The van der Waals surface area contributed by atoms with Gasteiger partial charge in [-0.15, -0.1) is 0 Å². The van der Waals surface area contributed by atoms with Crippen molar-refractivity contribution < 1.29 is 26.8 Å². The van der Waals surface area contributed by atoms with Gasteiger partial charge in [0.2, 0.25) is 0 Å². The number of aliphatic hydroxyl groups excluding tert-OH is 1. The SMILES string of the molecule is CCO.[Ti+2].c1cc[cH-]c1.c1cc[cH-]c1. The van der Waals surface area contributed by atoms with Crippen LogP contribution in [0.15, 0.2) is 60.7 Å². The van der Waals surface area contributed by atoms with E-state index in [0.29, 0.717) is 0 Å². The normalized spacial score (nSPS) is 7.00. The van der Waals surface area contributed by atoms with Crippen LogP contribution in [0.3, 0.4) is 0 Å². The van der Waals surface area contributed by atoms with Crippen LogP contribution in [0.5, 0.6) is 0 Å². The molecule has 1 nitrogen and oxygen atoms in total. The van der Waals surface area contributed by atoms with E-state index in [1.54, 1.807) is 6.92 Å². The summed E-state index contributed by atoms with van der Waals surface area (Å²) in [7, 11) is 0. The molecule has 2 aromatic carbocycles. The molecule has 0 saturated heterocycles. The summed E-state index contributed by atoms with van der Waals surface area (Å²) in [4.78, 5) is 0. The van der Waals surface area contributed by atoms with Gasteiger partial charge in [0.15, 0.2) is 0 Å². The molecule has 0 aliphatic rings. The van der Waals surface area contributed by atoms with Gasteiger partial charge in [0.1, 0.15) is 0 Å². The van der Waals surface area contributed by atoms with E-state index in [2.05, 4.69) is 0 Å². The molecule has 0 aliphatic carbocycles. The summed E-state index contributed by atoms with van der Waals surface area (Å²) in [5.41, 5.74) is 0. The maximum atomic E-state index is 7.57. The Kier molecular flexibility index (Phi) is 16.8. The topological polar surface area (TPSA) is 20.2 Å². The van der Waals surface area contributed by atoms with E-state index in [4.69, 9.17) is 5.11 Å². The fourth-order valence-corrected chi connectivity index (χ4v) is 0.642. The van der Waals surface area contributed by atoms with Crippen LogP contribution in [-0.2, 0) is 21.7 Å². The largest absolute Gasteiger partial charge is 2.00 e. The van der Waals surface area contributed by atoms with Crippen LogP contribution in [-0.4, -0.2) is 11.7 Å². The Labute approximate surface area is 101 Å². The van der Waals surface area contributed by atoms with Gasteiger partial charge in [0.25, 0.3) is 0 Å². The maximum Gasteiger partial charge on any atom is 2.00 e. The number of hydrogen-bond donors (Lipinski definition) is 1. The number of aliphatic hydroxyl groups is 1. The molecule has 0 amide bonds. The first kappa shape index (κ1) is 15.8.